The smallest absolute Gasteiger partial charge is 0.312 e. The van der Waals surface area contributed by atoms with Crippen LogP contribution in [0.1, 0.15) is 75.3 Å². The van der Waals surface area contributed by atoms with Gasteiger partial charge in [0.25, 0.3) is 5.91 Å². The molecular weight excluding hydrogens is 646 g/mol. The van der Waals surface area contributed by atoms with Crippen molar-refractivity contribution < 1.29 is 29.0 Å². The summed E-state index contributed by atoms with van der Waals surface area (Å²) >= 11 is 0. The van der Waals surface area contributed by atoms with E-state index in [2.05, 4.69) is 27.3 Å². The summed E-state index contributed by atoms with van der Waals surface area (Å²) in [6, 6.07) is 16.9. The summed E-state index contributed by atoms with van der Waals surface area (Å²) in [6.07, 6.45) is 5.53. The molecule has 5 aliphatic rings. The van der Waals surface area contributed by atoms with Gasteiger partial charge in [-0.3, -0.25) is 29.3 Å². The van der Waals surface area contributed by atoms with Crippen LogP contribution in [0.25, 0.3) is 0 Å². The van der Waals surface area contributed by atoms with E-state index in [1.807, 2.05) is 62.4 Å². The third-order valence-corrected chi connectivity index (χ3v) is 13.1. The summed E-state index contributed by atoms with van der Waals surface area (Å²) < 4.78 is 12.2. The van der Waals surface area contributed by atoms with Crippen molar-refractivity contribution >= 4 is 23.5 Å². The van der Waals surface area contributed by atoms with Crippen molar-refractivity contribution in [3.05, 3.63) is 72.1 Å². The molecule has 1 aliphatic heterocycles. The molecule has 5 fully saturated rings. The number of benzene rings is 2. The lowest BCUT2D eigenvalue weighted by molar-refractivity contribution is -0.213. The van der Waals surface area contributed by atoms with Crippen LogP contribution < -0.4 is 19.7 Å². The van der Waals surface area contributed by atoms with Gasteiger partial charge < -0.3 is 19.9 Å². The third kappa shape index (κ3) is 5.09. The molecule has 8 rings (SSSR count). The minimum Gasteiger partial charge on any atom is -0.496 e. The Morgan fingerprint density at radius 2 is 1.78 bits per heavy atom. The van der Waals surface area contributed by atoms with Crippen LogP contribution in [0, 0.1) is 29.1 Å². The zero-order valence-electron chi connectivity index (χ0n) is 30.4. The summed E-state index contributed by atoms with van der Waals surface area (Å²) in [4.78, 5) is 48.8. The number of carboxylic acids is 1. The average molecular weight is 698 g/mol. The van der Waals surface area contributed by atoms with Crippen molar-refractivity contribution in [3.8, 4) is 11.5 Å². The fraction of sp³-hybridized carbons (Fsp3) is 0.550. The van der Waals surface area contributed by atoms with Gasteiger partial charge in [0, 0.05) is 35.4 Å². The molecule has 51 heavy (non-hydrogen) atoms. The number of anilines is 1. The van der Waals surface area contributed by atoms with Crippen molar-refractivity contribution in [2.24, 2.45) is 29.1 Å². The molecule has 7 unspecified atom stereocenters. The lowest BCUT2D eigenvalue weighted by atomic mass is 9.31. The first kappa shape index (κ1) is 35.0. The van der Waals surface area contributed by atoms with Crippen molar-refractivity contribution in [2.45, 2.75) is 76.3 Å². The molecule has 272 valence electrons. The Hall–Kier alpha value is -4.38. The van der Waals surface area contributed by atoms with E-state index >= 15 is 4.79 Å². The van der Waals surface area contributed by atoms with Gasteiger partial charge in [-0.25, -0.2) is 0 Å². The Labute approximate surface area is 300 Å². The molecule has 4 aliphatic carbocycles. The highest BCUT2D eigenvalue weighted by molar-refractivity contribution is 6.07. The molecule has 2 aromatic carbocycles. The lowest BCUT2D eigenvalue weighted by Gasteiger charge is -2.74. The van der Waals surface area contributed by atoms with Crippen LogP contribution in [-0.4, -0.2) is 83.4 Å². The summed E-state index contributed by atoms with van der Waals surface area (Å²) in [5.41, 5.74) is -1.99. The van der Waals surface area contributed by atoms with Crippen LogP contribution in [0.5, 0.6) is 11.5 Å². The number of aliphatic carboxylic acids is 1. The fourth-order valence-corrected chi connectivity index (χ4v) is 11.7. The highest BCUT2D eigenvalue weighted by Gasteiger charge is 2.80. The van der Waals surface area contributed by atoms with Gasteiger partial charge >= 0.3 is 5.97 Å². The molecule has 3 aromatic rings. The number of carboxylic acid groups (broad SMARTS) is 1. The molecular formula is C40H51N5O6. The highest BCUT2D eigenvalue weighted by atomic mass is 16.5. The van der Waals surface area contributed by atoms with E-state index < -0.39 is 40.1 Å². The first-order valence-electron chi connectivity index (χ1n) is 18.4. The largest absolute Gasteiger partial charge is 0.496 e. The molecule has 1 saturated heterocycles. The first-order chi connectivity index (χ1) is 24.6. The Morgan fingerprint density at radius 1 is 1.06 bits per heavy atom. The van der Waals surface area contributed by atoms with Crippen LogP contribution in [-0.2, 0) is 15.0 Å². The van der Waals surface area contributed by atoms with E-state index in [4.69, 9.17) is 9.47 Å². The monoisotopic (exact) mass is 697 g/mol. The minimum atomic E-state index is -1.49. The number of amides is 2. The van der Waals surface area contributed by atoms with Gasteiger partial charge in [-0.2, -0.15) is 5.10 Å². The van der Waals surface area contributed by atoms with E-state index in [0.717, 1.165) is 31.5 Å². The number of nitrogens with zero attached hydrogens (tertiary/aromatic N) is 3. The van der Waals surface area contributed by atoms with Gasteiger partial charge in [0.2, 0.25) is 5.91 Å². The van der Waals surface area contributed by atoms with Crippen molar-refractivity contribution in [1.82, 2.24) is 20.4 Å². The number of ether oxygens (including phenoxy) is 2. The van der Waals surface area contributed by atoms with Gasteiger partial charge in [0.15, 0.2) is 0 Å². The number of carbonyl (C=O) groups is 3. The van der Waals surface area contributed by atoms with Gasteiger partial charge in [0.05, 0.1) is 31.1 Å². The second-order valence-corrected chi connectivity index (χ2v) is 15.4. The molecule has 7 atom stereocenters. The van der Waals surface area contributed by atoms with Crippen LogP contribution in [0.2, 0.25) is 0 Å². The van der Waals surface area contributed by atoms with E-state index in [1.165, 1.54) is 6.20 Å². The standard InChI is InChI=1S/C40H51N5O6/c1-6-44-19-11-14-28(44)23-41-35(46)33-29-20-26-21-38(33,34-31(50-4)15-10-16-32(34)51-5)24-39(22-26,40(29,25(2)3)37(48)49)45(27-12-8-7-9-13-27)36(47)30-17-18-42-43-30/h7-10,12-13,15-18,25-26,28-29,33H,6,11,14,19-24H2,1-5H3,(H,41,46)(H,42,43)(H,48,49). The number of aromatic amines is 1. The molecule has 1 aromatic heterocycles. The quantitative estimate of drug-likeness (QED) is 0.225. The molecule has 0 radical (unpaired) electrons. The van der Waals surface area contributed by atoms with Gasteiger partial charge in [-0.05, 0) is 99.7 Å². The molecule has 11 heteroatoms. The molecule has 11 nitrogen and oxygen atoms in total. The van der Waals surface area contributed by atoms with E-state index in [9.17, 15) is 14.7 Å². The SMILES string of the molecule is CCN1CCCC1CNC(=O)C1C2CC3CC1(c1c(OC)cccc1OC)CC(N(C(=O)c1ccn[nH]1)c1ccccc1)(C3)C2(C(=O)O)C(C)C. The maximum Gasteiger partial charge on any atom is 0.312 e. The van der Waals surface area contributed by atoms with Gasteiger partial charge in [-0.1, -0.05) is 45.0 Å². The van der Waals surface area contributed by atoms with Gasteiger partial charge in [0.1, 0.15) is 17.2 Å². The van der Waals surface area contributed by atoms with E-state index in [1.54, 1.807) is 25.2 Å². The number of hydrogen-bond acceptors (Lipinski definition) is 7. The number of rotatable bonds is 12. The number of likely N-dealkylation sites (N-methyl/N-ethyl adjacent to an activating group) is 1. The number of aromatic nitrogens is 2. The maximum atomic E-state index is 15.2. The Kier molecular flexibility index (Phi) is 9.14. The van der Waals surface area contributed by atoms with Crippen molar-refractivity contribution in [1.29, 1.82) is 0 Å². The predicted octanol–water partition coefficient (Wildman–Crippen LogP) is 5.53. The zero-order valence-corrected chi connectivity index (χ0v) is 30.4. The van der Waals surface area contributed by atoms with E-state index in [-0.39, 0.29) is 35.9 Å². The molecule has 2 amide bonds. The number of carbonyl (C=O) groups excluding carboxylic acids is 2. The normalized spacial score (nSPS) is 31.1. The first-order valence-corrected chi connectivity index (χ1v) is 18.4. The Morgan fingerprint density at radius 3 is 2.39 bits per heavy atom. The number of H-pyrrole nitrogens is 1. The molecule has 2 heterocycles. The summed E-state index contributed by atoms with van der Waals surface area (Å²) in [5.74, 6) is -2.01. The number of methoxy groups -OCH3 is 2. The van der Waals surface area contributed by atoms with Gasteiger partial charge in [-0.15, -0.1) is 0 Å². The number of para-hydroxylation sites is 1. The predicted molar refractivity (Wildman–Crippen MR) is 193 cm³/mol. The van der Waals surface area contributed by atoms with Crippen molar-refractivity contribution in [2.75, 3.05) is 38.8 Å². The van der Waals surface area contributed by atoms with Crippen LogP contribution in [0.3, 0.4) is 0 Å². The Balaban J connectivity index is 1.50. The third-order valence-electron chi connectivity index (χ3n) is 13.1. The average Bonchev–Trinajstić information content (AvgIpc) is 3.83. The lowest BCUT2D eigenvalue weighted by Crippen LogP contribution is -2.82. The number of nitrogens with one attached hydrogen (secondary N) is 2. The number of hydrogen-bond donors (Lipinski definition) is 3. The zero-order chi connectivity index (χ0) is 36.1. The summed E-state index contributed by atoms with van der Waals surface area (Å²) in [7, 11) is 3.24. The maximum absolute atomic E-state index is 15.2. The van der Waals surface area contributed by atoms with Crippen LogP contribution in [0.15, 0.2) is 60.8 Å². The topological polar surface area (TPSA) is 137 Å². The summed E-state index contributed by atoms with van der Waals surface area (Å²) in [6.45, 7) is 8.46. The highest BCUT2D eigenvalue weighted by Crippen LogP contribution is 2.75. The molecule has 0 spiro atoms. The molecule has 4 bridgehead atoms. The minimum absolute atomic E-state index is 0.0276. The fourth-order valence-electron chi connectivity index (χ4n) is 11.7. The van der Waals surface area contributed by atoms with Crippen LogP contribution >= 0.6 is 0 Å². The second kappa shape index (κ2) is 13.3. The number of likely N-dealkylation sites (tertiary alicyclic amines) is 1. The van der Waals surface area contributed by atoms with E-state index in [0.29, 0.717) is 43.0 Å². The molecule has 4 saturated carbocycles. The Bertz CT molecular complexity index is 1740. The summed E-state index contributed by atoms with van der Waals surface area (Å²) in [5, 5.41) is 22.2. The van der Waals surface area contributed by atoms with Crippen molar-refractivity contribution in [3.63, 3.8) is 0 Å². The second-order valence-electron chi connectivity index (χ2n) is 15.4. The molecule has 3 N–H and O–H groups in total. The van der Waals surface area contributed by atoms with Crippen LogP contribution in [0.4, 0.5) is 5.69 Å².